The molecule has 1 heterocycles. The van der Waals surface area contributed by atoms with E-state index in [4.69, 9.17) is 9.47 Å². The molecule has 0 unspecified atom stereocenters. The summed E-state index contributed by atoms with van der Waals surface area (Å²) >= 11 is 3.48. The molecule has 1 N–H and O–H groups in total. The molecule has 2 aliphatic rings. The lowest BCUT2D eigenvalue weighted by atomic mass is 10.0. The van der Waals surface area contributed by atoms with Crippen molar-refractivity contribution in [2.45, 2.75) is 19.3 Å². The van der Waals surface area contributed by atoms with Gasteiger partial charge in [0.1, 0.15) is 13.2 Å². The van der Waals surface area contributed by atoms with Gasteiger partial charge in [-0.15, -0.1) is 0 Å². The van der Waals surface area contributed by atoms with Gasteiger partial charge in [0.05, 0.1) is 0 Å². The Labute approximate surface area is 127 Å². The third-order valence-electron chi connectivity index (χ3n) is 4.01. The van der Waals surface area contributed by atoms with Gasteiger partial charge in [-0.25, -0.2) is 0 Å². The van der Waals surface area contributed by atoms with Gasteiger partial charge >= 0.3 is 0 Å². The van der Waals surface area contributed by atoms with Gasteiger partial charge < -0.3 is 14.8 Å². The quantitative estimate of drug-likeness (QED) is 0.839. The van der Waals surface area contributed by atoms with E-state index in [-0.39, 0.29) is 5.91 Å². The summed E-state index contributed by atoms with van der Waals surface area (Å²) in [5, 5.41) is 4.03. The second kappa shape index (κ2) is 5.64. The van der Waals surface area contributed by atoms with Crippen molar-refractivity contribution in [3.8, 4) is 11.5 Å². The second-order valence-electron chi connectivity index (χ2n) is 5.48. The van der Waals surface area contributed by atoms with E-state index in [9.17, 15) is 4.79 Å². The number of ether oxygens (including phenoxy) is 2. The fourth-order valence-electron chi connectivity index (χ4n) is 2.45. The predicted molar refractivity (Wildman–Crippen MR) is 79.8 cm³/mol. The summed E-state index contributed by atoms with van der Waals surface area (Å²) in [6, 6.07) is 5.34. The summed E-state index contributed by atoms with van der Waals surface area (Å²) in [7, 11) is 0. The molecule has 0 bridgehead atoms. The Morgan fingerprint density at radius 2 is 2.00 bits per heavy atom. The van der Waals surface area contributed by atoms with Crippen LogP contribution in [0.15, 0.2) is 18.2 Å². The van der Waals surface area contributed by atoms with Crippen LogP contribution in [0.1, 0.15) is 29.6 Å². The molecule has 0 aromatic heterocycles. The summed E-state index contributed by atoms with van der Waals surface area (Å²) in [6.07, 6.45) is 3.54. The molecule has 5 heteroatoms. The van der Waals surface area contributed by atoms with Gasteiger partial charge in [-0.1, -0.05) is 15.9 Å². The van der Waals surface area contributed by atoms with Crippen LogP contribution < -0.4 is 14.8 Å². The topological polar surface area (TPSA) is 47.6 Å². The number of carbonyl (C=O) groups is 1. The van der Waals surface area contributed by atoms with Crippen LogP contribution in [0.4, 0.5) is 0 Å². The van der Waals surface area contributed by atoms with Crippen LogP contribution >= 0.6 is 15.9 Å². The first-order chi connectivity index (χ1) is 9.72. The zero-order valence-electron chi connectivity index (χ0n) is 11.3. The zero-order chi connectivity index (χ0) is 14.0. The lowest BCUT2D eigenvalue weighted by Gasteiger charge is -2.19. The molecule has 108 valence electrons. The molecule has 4 nitrogen and oxygen atoms in total. The summed E-state index contributed by atoms with van der Waals surface area (Å²) in [5.74, 6) is 1.33. The lowest BCUT2D eigenvalue weighted by molar-refractivity contribution is 0.0943. The smallest absolute Gasteiger partial charge is 0.251 e. The maximum absolute atomic E-state index is 12.2. The van der Waals surface area contributed by atoms with E-state index in [0.29, 0.717) is 35.7 Å². The van der Waals surface area contributed by atoms with Crippen LogP contribution in [0.25, 0.3) is 0 Å². The van der Waals surface area contributed by atoms with Gasteiger partial charge in [0.2, 0.25) is 0 Å². The molecule has 1 aromatic rings. The lowest BCUT2D eigenvalue weighted by Crippen LogP contribution is -2.30. The van der Waals surface area contributed by atoms with Gasteiger partial charge in [-0.3, -0.25) is 4.79 Å². The number of alkyl halides is 1. The van der Waals surface area contributed by atoms with Crippen LogP contribution in [0.2, 0.25) is 0 Å². The molecule has 1 amide bonds. The van der Waals surface area contributed by atoms with E-state index in [1.807, 2.05) is 0 Å². The minimum Gasteiger partial charge on any atom is -0.486 e. The van der Waals surface area contributed by atoms with Gasteiger partial charge in [-0.2, -0.15) is 0 Å². The van der Waals surface area contributed by atoms with Gasteiger partial charge in [-0.05, 0) is 42.9 Å². The van der Waals surface area contributed by atoms with Crippen molar-refractivity contribution in [3.63, 3.8) is 0 Å². The van der Waals surface area contributed by atoms with Crippen LogP contribution in [0.5, 0.6) is 11.5 Å². The molecule has 1 aliphatic heterocycles. The highest BCUT2D eigenvalue weighted by molar-refractivity contribution is 9.09. The molecule has 1 fully saturated rings. The SMILES string of the molecule is O=C(NCC1(CCBr)CC1)c1ccc2c(c1)OCCO2. The normalized spacial score (nSPS) is 18.4. The van der Waals surface area contributed by atoms with Crippen molar-refractivity contribution < 1.29 is 14.3 Å². The summed E-state index contributed by atoms with van der Waals surface area (Å²) in [5.41, 5.74) is 0.955. The van der Waals surface area contributed by atoms with Crippen molar-refractivity contribution >= 4 is 21.8 Å². The van der Waals surface area contributed by atoms with Crippen LogP contribution in [-0.2, 0) is 0 Å². The van der Waals surface area contributed by atoms with E-state index in [1.165, 1.54) is 12.8 Å². The number of amides is 1. The standard InChI is InChI=1S/C15H18BrNO3/c16-6-5-15(3-4-15)10-17-14(18)11-1-2-12-13(9-11)20-8-7-19-12/h1-2,9H,3-8,10H2,(H,17,18). The molecule has 0 radical (unpaired) electrons. The number of hydrogen-bond donors (Lipinski definition) is 1. The molecule has 1 saturated carbocycles. The Balaban J connectivity index is 1.62. The molecule has 0 saturated heterocycles. The van der Waals surface area contributed by atoms with Gasteiger partial charge in [0.25, 0.3) is 5.91 Å². The monoisotopic (exact) mass is 339 g/mol. The first kappa shape index (κ1) is 13.7. The molecule has 20 heavy (non-hydrogen) atoms. The van der Waals surface area contributed by atoms with Crippen LogP contribution in [-0.4, -0.2) is 31.0 Å². The molecular weight excluding hydrogens is 322 g/mol. The average Bonchev–Trinajstić information content (AvgIpc) is 3.25. The molecule has 1 aliphatic carbocycles. The van der Waals surface area contributed by atoms with Crippen molar-refractivity contribution in [3.05, 3.63) is 23.8 Å². The Hall–Kier alpha value is -1.23. The van der Waals surface area contributed by atoms with E-state index >= 15 is 0 Å². The second-order valence-corrected chi connectivity index (χ2v) is 6.27. The summed E-state index contributed by atoms with van der Waals surface area (Å²) in [6.45, 7) is 1.85. The third kappa shape index (κ3) is 2.92. The van der Waals surface area contributed by atoms with Crippen molar-refractivity contribution in [1.82, 2.24) is 5.32 Å². The predicted octanol–water partition coefficient (Wildman–Crippen LogP) is 2.75. The number of halogens is 1. The average molecular weight is 340 g/mol. The fourth-order valence-corrected chi connectivity index (χ4v) is 3.29. The third-order valence-corrected chi connectivity index (χ3v) is 4.41. The molecule has 0 atom stereocenters. The maximum atomic E-state index is 12.2. The highest BCUT2D eigenvalue weighted by atomic mass is 79.9. The molecule has 1 aromatic carbocycles. The van der Waals surface area contributed by atoms with Crippen molar-refractivity contribution in [1.29, 1.82) is 0 Å². The number of carbonyl (C=O) groups excluding carboxylic acids is 1. The van der Waals surface area contributed by atoms with Gasteiger partial charge in [0, 0.05) is 17.4 Å². The van der Waals surface area contributed by atoms with E-state index in [2.05, 4.69) is 21.2 Å². The highest BCUT2D eigenvalue weighted by Crippen LogP contribution is 2.48. The van der Waals surface area contributed by atoms with E-state index in [0.717, 1.165) is 18.3 Å². The number of nitrogens with one attached hydrogen (secondary N) is 1. The fraction of sp³-hybridized carbons (Fsp3) is 0.533. The largest absolute Gasteiger partial charge is 0.486 e. The highest BCUT2D eigenvalue weighted by Gasteiger charge is 2.41. The minimum atomic E-state index is -0.0391. The van der Waals surface area contributed by atoms with Crippen LogP contribution in [0.3, 0.4) is 0 Å². The Morgan fingerprint density at radius 3 is 2.70 bits per heavy atom. The minimum absolute atomic E-state index is 0.0391. The Bertz CT molecular complexity index is 514. The Morgan fingerprint density at radius 1 is 1.25 bits per heavy atom. The van der Waals surface area contributed by atoms with Crippen molar-refractivity contribution in [2.75, 3.05) is 25.1 Å². The zero-order valence-corrected chi connectivity index (χ0v) is 12.9. The number of benzene rings is 1. The summed E-state index contributed by atoms with van der Waals surface area (Å²) in [4.78, 5) is 12.2. The van der Waals surface area contributed by atoms with E-state index in [1.54, 1.807) is 18.2 Å². The summed E-state index contributed by atoms with van der Waals surface area (Å²) < 4.78 is 11.0. The number of hydrogen-bond acceptors (Lipinski definition) is 3. The van der Waals surface area contributed by atoms with Gasteiger partial charge in [0.15, 0.2) is 11.5 Å². The van der Waals surface area contributed by atoms with E-state index < -0.39 is 0 Å². The first-order valence-corrected chi connectivity index (χ1v) is 8.08. The molecule has 3 rings (SSSR count). The first-order valence-electron chi connectivity index (χ1n) is 6.96. The number of fused-ring (bicyclic) bond motifs is 1. The van der Waals surface area contributed by atoms with Crippen LogP contribution in [0, 0.1) is 5.41 Å². The molecular formula is C15H18BrNO3. The maximum Gasteiger partial charge on any atom is 0.251 e. The Kier molecular flexibility index (Phi) is 3.87. The molecule has 0 spiro atoms. The number of rotatable bonds is 5. The van der Waals surface area contributed by atoms with Crippen molar-refractivity contribution in [2.24, 2.45) is 5.41 Å².